The fraction of sp³-hybridized carbons (Fsp3) is 0.750. The summed E-state index contributed by atoms with van der Waals surface area (Å²) in [4.78, 5) is 36.0. The Kier molecular flexibility index (Phi) is 5.14. The summed E-state index contributed by atoms with van der Waals surface area (Å²) in [6, 6.07) is -1.57. The first kappa shape index (κ1) is 15.3. The van der Waals surface area contributed by atoms with Crippen molar-refractivity contribution >= 4 is 18.0 Å². The van der Waals surface area contributed by atoms with E-state index in [2.05, 4.69) is 10.1 Å². The van der Waals surface area contributed by atoms with Gasteiger partial charge in [-0.15, -0.1) is 0 Å². The molecule has 0 bridgehead atoms. The molecule has 2 N–H and O–H groups in total. The lowest BCUT2D eigenvalue weighted by Gasteiger charge is -2.28. The average molecular weight is 272 g/mol. The molecular weight excluding hydrogens is 252 g/mol. The molecule has 1 saturated heterocycles. The first-order valence-corrected chi connectivity index (χ1v) is 6.26. The number of carboxylic acids is 1. The molecule has 1 fully saturated rings. The van der Waals surface area contributed by atoms with E-state index in [4.69, 9.17) is 5.11 Å². The van der Waals surface area contributed by atoms with E-state index in [-0.39, 0.29) is 11.8 Å². The number of carbonyl (C=O) groups is 3. The van der Waals surface area contributed by atoms with Crippen LogP contribution >= 0.6 is 0 Å². The van der Waals surface area contributed by atoms with Crippen LogP contribution in [0.1, 0.15) is 26.7 Å². The molecule has 108 valence electrons. The van der Waals surface area contributed by atoms with Crippen LogP contribution in [0.25, 0.3) is 0 Å². The highest BCUT2D eigenvalue weighted by atomic mass is 16.5. The molecule has 0 spiro atoms. The molecule has 0 aromatic carbocycles. The number of nitrogens with zero attached hydrogens (tertiary/aromatic N) is 1. The van der Waals surface area contributed by atoms with Crippen molar-refractivity contribution in [2.24, 2.45) is 5.92 Å². The van der Waals surface area contributed by atoms with Crippen LogP contribution in [0.2, 0.25) is 0 Å². The summed E-state index contributed by atoms with van der Waals surface area (Å²) >= 11 is 0. The van der Waals surface area contributed by atoms with Crippen LogP contribution < -0.4 is 5.32 Å². The summed E-state index contributed by atoms with van der Waals surface area (Å²) in [5, 5.41) is 11.5. The van der Waals surface area contributed by atoms with Gasteiger partial charge in [0, 0.05) is 6.54 Å². The Balaban J connectivity index is 2.81. The molecule has 0 aliphatic carbocycles. The summed E-state index contributed by atoms with van der Waals surface area (Å²) in [7, 11) is 1.22. The highest BCUT2D eigenvalue weighted by molar-refractivity contribution is 5.89. The molecule has 0 aromatic heterocycles. The van der Waals surface area contributed by atoms with E-state index in [9.17, 15) is 14.4 Å². The summed E-state index contributed by atoms with van der Waals surface area (Å²) in [6.45, 7) is 3.97. The van der Waals surface area contributed by atoms with Crippen LogP contribution in [-0.2, 0) is 14.3 Å². The van der Waals surface area contributed by atoms with E-state index in [1.54, 1.807) is 13.8 Å². The molecule has 19 heavy (non-hydrogen) atoms. The summed E-state index contributed by atoms with van der Waals surface area (Å²) < 4.78 is 4.48. The Morgan fingerprint density at radius 1 is 1.37 bits per heavy atom. The first-order valence-electron chi connectivity index (χ1n) is 6.26. The van der Waals surface area contributed by atoms with Crippen molar-refractivity contribution < 1.29 is 24.2 Å². The normalized spacial score (nSPS) is 20.2. The molecular formula is C12H20N2O5. The molecule has 1 aliphatic rings. The quantitative estimate of drug-likeness (QED) is 0.774. The van der Waals surface area contributed by atoms with Crippen molar-refractivity contribution in [3.05, 3.63) is 0 Å². The predicted octanol–water partition coefficient (Wildman–Crippen LogP) is 0.443. The standard InChI is InChI=1S/C12H20N2O5/c1-7(2)9(13-12(18)19-3)10(15)14-6-4-5-8(14)11(16)17/h7-9H,4-6H2,1-3H3,(H,13,18)(H,16,17)/t8-,9-/m1/s1. The third kappa shape index (κ3) is 3.59. The number of amides is 2. The van der Waals surface area contributed by atoms with Crippen molar-refractivity contribution in [2.75, 3.05) is 13.7 Å². The van der Waals surface area contributed by atoms with E-state index in [1.807, 2.05) is 0 Å². The van der Waals surface area contributed by atoms with Crippen molar-refractivity contribution in [1.82, 2.24) is 10.2 Å². The molecule has 0 aromatic rings. The number of carbonyl (C=O) groups excluding carboxylic acids is 2. The Morgan fingerprint density at radius 2 is 2.00 bits per heavy atom. The lowest BCUT2D eigenvalue weighted by atomic mass is 10.0. The summed E-state index contributed by atoms with van der Waals surface area (Å²) in [5.41, 5.74) is 0. The van der Waals surface area contributed by atoms with Gasteiger partial charge in [0.05, 0.1) is 7.11 Å². The van der Waals surface area contributed by atoms with Gasteiger partial charge in [-0.2, -0.15) is 0 Å². The van der Waals surface area contributed by atoms with Crippen LogP contribution in [0, 0.1) is 5.92 Å². The fourth-order valence-corrected chi connectivity index (χ4v) is 2.17. The minimum absolute atomic E-state index is 0.151. The van der Waals surface area contributed by atoms with Crippen LogP contribution in [-0.4, -0.2) is 53.7 Å². The van der Waals surface area contributed by atoms with Crippen molar-refractivity contribution in [3.8, 4) is 0 Å². The number of hydrogen-bond donors (Lipinski definition) is 2. The minimum Gasteiger partial charge on any atom is -0.480 e. The number of alkyl carbamates (subject to hydrolysis) is 1. The zero-order chi connectivity index (χ0) is 14.6. The SMILES string of the molecule is COC(=O)N[C@@H](C(=O)N1CCC[C@@H]1C(=O)O)C(C)C. The Labute approximate surface area is 111 Å². The lowest BCUT2D eigenvalue weighted by molar-refractivity contribution is -0.149. The van der Waals surface area contributed by atoms with E-state index >= 15 is 0 Å². The Hall–Kier alpha value is -1.79. The van der Waals surface area contributed by atoms with Gasteiger partial charge in [0.2, 0.25) is 5.91 Å². The maximum absolute atomic E-state index is 12.3. The van der Waals surface area contributed by atoms with Crippen molar-refractivity contribution in [3.63, 3.8) is 0 Å². The van der Waals surface area contributed by atoms with Gasteiger partial charge in [-0.1, -0.05) is 13.8 Å². The summed E-state index contributed by atoms with van der Waals surface area (Å²) in [6.07, 6.45) is 0.411. The van der Waals surface area contributed by atoms with Gasteiger partial charge in [0.1, 0.15) is 12.1 Å². The van der Waals surface area contributed by atoms with Crippen LogP contribution in [0.5, 0.6) is 0 Å². The van der Waals surface area contributed by atoms with Gasteiger partial charge in [0.25, 0.3) is 0 Å². The van der Waals surface area contributed by atoms with E-state index in [0.717, 1.165) is 0 Å². The van der Waals surface area contributed by atoms with E-state index in [1.165, 1.54) is 12.0 Å². The van der Waals surface area contributed by atoms with Gasteiger partial charge < -0.3 is 20.1 Å². The zero-order valence-corrected chi connectivity index (χ0v) is 11.4. The largest absolute Gasteiger partial charge is 0.480 e. The maximum atomic E-state index is 12.3. The number of nitrogens with one attached hydrogen (secondary N) is 1. The maximum Gasteiger partial charge on any atom is 0.407 e. The van der Waals surface area contributed by atoms with Gasteiger partial charge in [-0.3, -0.25) is 4.79 Å². The van der Waals surface area contributed by atoms with Gasteiger partial charge >= 0.3 is 12.1 Å². The number of hydrogen-bond acceptors (Lipinski definition) is 4. The van der Waals surface area contributed by atoms with Crippen molar-refractivity contribution in [2.45, 2.75) is 38.8 Å². The topological polar surface area (TPSA) is 95.9 Å². The third-order valence-corrected chi connectivity index (χ3v) is 3.21. The van der Waals surface area contributed by atoms with Crippen LogP contribution in [0.4, 0.5) is 4.79 Å². The van der Waals surface area contributed by atoms with Gasteiger partial charge in [-0.05, 0) is 18.8 Å². The highest BCUT2D eigenvalue weighted by Gasteiger charge is 2.38. The second-order valence-corrected chi connectivity index (χ2v) is 4.89. The Morgan fingerprint density at radius 3 is 2.47 bits per heavy atom. The number of rotatable bonds is 4. The number of carboxylic acid groups (broad SMARTS) is 1. The molecule has 0 unspecified atom stereocenters. The first-order chi connectivity index (χ1) is 8.88. The molecule has 1 rings (SSSR count). The number of aliphatic carboxylic acids is 1. The second-order valence-electron chi connectivity index (χ2n) is 4.89. The Bertz CT molecular complexity index is 369. The smallest absolute Gasteiger partial charge is 0.407 e. The second kappa shape index (κ2) is 6.40. The molecule has 0 saturated carbocycles. The van der Waals surface area contributed by atoms with Gasteiger partial charge in [-0.25, -0.2) is 9.59 Å². The van der Waals surface area contributed by atoms with Crippen LogP contribution in [0.15, 0.2) is 0 Å². The van der Waals surface area contributed by atoms with Crippen molar-refractivity contribution in [1.29, 1.82) is 0 Å². The van der Waals surface area contributed by atoms with Gasteiger partial charge in [0.15, 0.2) is 0 Å². The molecule has 7 heteroatoms. The lowest BCUT2D eigenvalue weighted by Crippen LogP contribution is -2.53. The zero-order valence-electron chi connectivity index (χ0n) is 11.4. The third-order valence-electron chi connectivity index (χ3n) is 3.21. The number of methoxy groups -OCH3 is 1. The van der Waals surface area contributed by atoms with E-state index < -0.39 is 24.1 Å². The van der Waals surface area contributed by atoms with Crippen LogP contribution in [0.3, 0.4) is 0 Å². The molecule has 7 nitrogen and oxygen atoms in total. The highest BCUT2D eigenvalue weighted by Crippen LogP contribution is 2.20. The fourth-order valence-electron chi connectivity index (χ4n) is 2.17. The molecule has 2 amide bonds. The molecule has 1 heterocycles. The monoisotopic (exact) mass is 272 g/mol. The molecule has 0 radical (unpaired) electrons. The molecule has 1 aliphatic heterocycles. The minimum atomic E-state index is -1.01. The van der Waals surface area contributed by atoms with E-state index in [0.29, 0.717) is 19.4 Å². The molecule has 2 atom stereocenters. The average Bonchev–Trinajstić information content (AvgIpc) is 2.83. The number of likely N-dealkylation sites (tertiary alicyclic amines) is 1. The number of ether oxygens (including phenoxy) is 1. The predicted molar refractivity (Wildman–Crippen MR) is 66.5 cm³/mol. The summed E-state index contributed by atoms with van der Waals surface area (Å²) in [5.74, 6) is -1.53.